The third-order valence-corrected chi connectivity index (χ3v) is 12.0. The van der Waals surface area contributed by atoms with Gasteiger partial charge in [0.05, 0.1) is 45.8 Å². The van der Waals surface area contributed by atoms with Gasteiger partial charge in [-0.05, 0) is 57.8 Å². The zero-order valence-electron chi connectivity index (χ0n) is 40.6. The number of unbranched alkanes of at least 4 members (excludes halogenated alkanes) is 15. The van der Waals surface area contributed by atoms with Gasteiger partial charge in [0, 0.05) is 43.7 Å². The van der Waals surface area contributed by atoms with Crippen molar-refractivity contribution < 1.29 is 62.3 Å². The lowest BCUT2D eigenvalue weighted by molar-refractivity contribution is -0.156. The first kappa shape index (κ1) is 57.4. The molecule has 2 aliphatic rings. The minimum absolute atomic E-state index is 0.0679. The van der Waals surface area contributed by atoms with Crippen molar-refractivity contribution >= 4 is 35.9 Å². The Bertz CT molecular complexity index is 1340. The number of amides is 1. The van der Waals surface area contributed by atoms with Crippen LogP contribution in [0.2, 0.25) is 0 Å². The summed E-state index contributed by atoms with van der Waals surface area (Å²) >= 11 is 0. The molecule has 0 saturated carbocycles. The van der Waals surface area contributed by atoms with Crippen molar-refractivity contribution in [2.24, 2.45) is 11.8 Å². The van der Waals surface area contributed by atoms with Gasteiger partial charge < -0.3 is 43.3 Å². The molecule has 1 fully saturated rings. The Labute approximate surface area is 390 Å². The topological polar surface area (TPSA) is 185 Å². The van der Waals surface area contributed by atoms with Crippen LogP contribution in [0.5, 0.6) is 0 Å². The Morgan fingerprint density at radius 2 is 0.954 bits per heavy atom. The largest absolute Gasteiger partial charge is 0.465 e. The molecule has 4 atom stereocenters. The van der Waals surface area contributed by atoms with E-state index in [-0.39, 0.29) is 95.6 Å². The molecule has 0 aromatic carbocycles. The third-order valence-electron chi connectivity index (χ3n) is 12.0. The van der Waals surface area contributed by atoms with Gasteiger partial charge >= 0.3 is 35.9 Å². The zero-order chi connectivity index (χ0) is 47.5. The maximum Gasteiger partial charge on any atom is 0.410 e. The van der Waals surface area contributed by atoms with Crippen molar-refractivity contribution in [3.05, 3.63) is 12.2 Å². The fraction of sp³-hybridized carbons (Fsp3) is 0.840. The zero-order valence-corrected chi connectivity index (χ0v) is 40.6. The van der Waals surface area contributed by atoms with Crippen LogP contribution in [0.3, 0.4) is 0 Å². The molecule has 1 unspecified atom stereocenters. The van der Waals surface area contributed by atoms with Crippen LogP contribution in [0, 0.1) is 11.8 Å². The molecule has 65 heavy (non-hydrogen) atoms. The molecule has 15 nitrogen and oxygen atoms in total. The number of nitrogens with zero attached hydrogens (tertiary/aromatic N) is 2. The number of aliphatic hydroxyl groups excluding tert-OH is 1. The average Bonchev–Trinajstić information content (AvgIpc) is 3.60. The molecule has 0 bridgehead atoms. The molecule has 0 aromatic heterocycles. The van der Waals surface area contributed by atoms with Crippen molar-refractivity contribution in [2.45, 2.75) is 200 Å². The van der Waals surface area contributed by atoms with E-state index >= 15 is 0 Å². The summed E-state index contributed by atoms with van der Waals surface area (Å²) in [6.07, 6.45) is 21.2. The Morgan fingerprint density at radius 1 is 0.554 bits per heavy atom. The lowest BCUT2D eigenvalue weighted by Crippen LogP contribution is -2.43. The molecule has 0 aromatic rings. The first-order chi connectivity index (χ1) is 31.5. The number of likely N-dealkylation sites (N-methyl/N-ethyl adjacent to an activating group) is 1. The number of carbonyl (C=O) groups is 6. The molecule has 374 valence electrons. The molecule has 1 saturated heterocycles. The highest BCUT2D eigenvalue weighted by Gasteiger charge is 2.31. The first-order valence-corrected chi connectivity index (χ1v) is 25.2. The summed E-state index contributed by atoms with van der Waals surface area (Å²) < 4.78 is 33.8. The molecule has 2 heterocycles. The lowest BCUT2D eigenvalue weighted by Gasteiger charge is -2.27. The van der Waals surface area contributed by atoms with Gasteiger partial charge in [0.25, 0.3) is 0 Å². The predicted octanol–water partition coefficient (Wildman–Crippen LogP) is 8.80. The maximum absolute atomic E-state index is 13.5. The van der Waals surface area contributed by atoms with Gasteiger partial charge in [-0.15, -0.1) is 0 Å². The summed E-state index contributed by atoms with van der Waals surface area (Å²) in [5, 5.41) is 9.97. The Balaban J connectivity index is 2.07. The number of carbonyl (C=O) groups excluding carboxylic acids is 6. The van der Waals surface area contributed by atoms with E-state index in [1.54, 1.807) is 12.2 Å². The second kappa shape index (κ2) is 36.4. The third kappa shape index (κ3) is 28.2. The number of ether oxygens (including phenoxy) is 6. The van der Waals surface area contributed by atoms with Crippen molar-refractivity contribution in [3.63, 3.8) is 0 Å². The van der Waals surface area contributed by atoms with Crippen molar-refractivity contribution in [2.75, 3.05) is 59.7 Å². The standard InChI is InChI=1S/C50H86N2O13/c1-5-8-11-14-17-20-25-45(54)60-36-40(35-53)31-48(57)64-43-28-29-44(34-52(33-43)50(59)63-39-42-24-23-30-51(42)4)65-49(58)32-41(37-61-46(55)26-21-18-15-12-9-6-2)38-62-47(56)27-22-19-16-13-10-7-3/h28-29,40-44,53H,5-27,30-39H2,1-4H3/t40?,42-,43-,44-/m0/s1. The van der Waals surface area contributed by atoms with Gasteiger partial charge in [-0.25, -0.2) is 4.79 Å². The van der Waals surface area contributed by atoms with E-state index in [1.165, 1.54) is 11.3 Å². The molecular formula is C50H86N2O13. The van der Waals surface area contributed by atoms with E-state index in [9.17, 15) is 33.9 Å². The van der Waals surface area contributed by atoms with Crippen LogP contribution in [0.25, 0.3) is 0 Å². The number of aliphatic hydroxyl groups is 1. The van der Waals surface area contributed by atoms with E-state index in [0.717, 1.165) is 116 Å². The smallest absolute Gasteiger partial charge is 0.410 e. The molecular weight excluding hydrogens is 837 g/mol. The highest BCUT2D eigenvalue weighted by molar-refractivity contribution is 5.73. The van der Waals surface area contributed by atoms with Crippen molar-refractivity contribution in [3.8, 4) is 0 Å². The number of likely N-dealkylation sites (tertiary alicyclic amines) is 1. The molecule has 1 amide bonds. The number of rotatable bonds is 36. The molecule has 1 N–H and O–H groups in total. The summed E-state index contributed by atoms with van der Waals surface area (Å²) in [6, 6.07) is 0.0679. The highest BCUT2D eigenvalue weighted by atomic mass is 16.6. The predicted molar refractivity (Wildman–Crippen MR) is 248 cm³/mol. The fourth-order valence-electron chi connectivity index (χ4n) is 7.87. The quantitative estimate of drug-likeness (QED) is 0.0272. The average molecular weight is 923 g/mol. The molecule has 15 heteroatoms. The van der Waals surface area contributed by atoms with Crippen LogP contribution < -0.4 is 0 Å². The van der Waals surface area contributed by atoms with E-state index in [2.05, 4.69) is 25.7 Å². The number of esters is 5. The maximum atomic E-state index is 13.5. The molecule has 2 aliphatic heterocycles. The van der Waals surface area contributed by atoms with Crippen LogP contribution in [-0.2, 0) is 52.4 Å². The van der Waals surface area contributed by atoms with Crippen molar-refractivity contribution in [1.82, 2.24) is 9.80 Å². The first-order valence-electron chi connectivity index (χ1n) is 25.2. The molecule has 2 rings (SSSR count). The minimum Gasteiger partial charge on any atom is -0.465 e. The van der Waals surface area contributed by atoms with Gasteiger partial charge in [-0.1, -0.05) is 117 Å². The fourth-order valence-corrected chi connectivity index (χ4v) is 7.87. The second-order valence-corrected chi connectivity index (χ2v) is 18.1. The van der Waals surface area contributed by atoms with Crippen LogP contribution in [0.4, 0.5) is 4.79 Å². The van der Waals surface area contributed by atoms with Gasteiger partial charge in [-0.3, -0.25) is 24.0 Å². The van der Waals surface area contributed by atoms with Gasteiger partial charge in [-0.2, -0.15) is 0 Å². The molecule has 0 radical (unpaired) electrons. The summed E-state index contributed by atoms with van der Waals surface area (Å²) in [5.74, 6) is -3.79. The molecule has 0 spiro atoms. The van der Waals surface area contributed by atoms with Crippen LogP contribution in [0.15, 0.2) is 12.2 Å². The second-order valence-electron chi connectivity index (χ2n) is 18.1. The molecule has 0 aliphatic carbocycles. The Morgan fingerprint density at radius 3 is 1.35 bits per heavy atom. The van der Waals surface area contributed by atoms with Crippen LogP contribution >= 0.6 is 0 Å². The van der Waals surface area contributed by atoms with Crippen LogP contribution in [-0.4, -0.2) is 129 Å². The minimum atomic E-state index is -0.949. The monoisotopic (exact) mass is 923 g/mol. The summed E-state index contributed by atoms with van der Waals surface area (Å²) in [4.78, 5) is 81.3. The Hall–Kier alpha value is -3.72. The highest BCUT2D eigenvalue weighted by Crippen LogP contribution is 2.20. The summed E-state index contributed by atoms with van der Waals surface area (Å²) in [6.45, 7) is 6.55. The Kier molecular flexibility index (Phi) is 32.2. The lowest BCUT2D eigenvalue weighted by atomic mass is 10.1. The van der Waals surface area contributed by atoms with Gasteiger partial charge in [0.15, 0.2) is 0 Å². The van der Waals surface area contributed by atoms with E-state index < -0.39 is 48.7 Å². The number of hydrogen-bond acceptors (Lipinski definition) is 14. The van der Waals surface area contributed by atoms with E-state index in [1.807, 2.05) is 7.05 Å². The summed E-state index contributed by atoms with van der Waals surface area (Å²) in [7, 11) is 1.98. The van der Waals surface area contributed by atoms with E-state index in [4.69, 9.17) is 28.4 Å². The van der Waals surface area contributed by atoms with E-state index in [0.29, 0.717) is 12.8 Å². The number of hydrogen-bond donors (Lipinski definition) is 1. The van der Waals surface area contributed by atoms with Gasteiger partial charge in [0.2, 0.25) is 0 Å². The van der Waals surface area contributed by atoms with Crippen molar-refractivity contribution in [1.29, 1.82) is 0 Å². The normalized spacial score (nSPS) is 17.9. The van der Waals surface area contributed by atoms with Gasteiger partial charge in [0.1, 0.15) is 18.8 Å². The SMILES string of the molecule is CCCCCCCCC(=O)OCC(CO)CC(=O)O[C@H]1C=C[C@H](OC(=O)CC(COC(=O)CCCCCCCC)COC(=O)CCCCCCCC)CN(C(=O)OC[C@@H]2CCCN2C)C1. The van der Waals surface area contributed by atoms with Crippen LogP contribution in [0.1, 0.15) is 181 Å². The summed E-state index contributed by atoms with van der Waals surface area (Å²) in [5.41, 5.74) is 0.